The van der Waals surface area contributed by atoms with Gasteiger partial charge in [-0.15, -0.1) is 0 Å². The molecule has 0 aromatic heterocycles. The Balaban J connectivity index is 1.71. The number of hydrogen-bond donors (Lipinski definition) is 3. The highest BCUT2D eigenvalue weighted by atomic mass is 16.5. The van der Waals surface area contributed by atoms with E-state index in [9.17, 15) is 20.1 Å². The van der Waals surface area contributed by atoms with Gasteiger partial charge in [0, 0.05) is 29.9 Å². The van der Waals surface area contributed by atoms with Gasteiger partial charge in [-0.2, -0.15) is 0 Å². The number of carbonyl (C=O) groups is 1. The van der Waals surface area contributed by atoms with Crippen LogP contribution in [0.15, 0.2) is 36.4 Å². The Labute approximate surface area is 226 Å². The molecule has 0 saturated carbocycles. The van der Waals surface area contributed by atoms with E-state index in [-0.39, 0.29) is 53.3 Å². The average molecular weight is 529 g/mol. The fraction of sp³-hybridized carbons (Fsp3) is 0.344. The van der Waals surface area contributed by atoms with Gasteiger partial charge in [0.05, 0.1) is 43.0 Å². The third-order valence-electron chi connectivity index (χ3n) is 8.15. The average Bonchev–Trinajstić information content (AvgIpc) is 2.86. The van der Waals surface area contributed by atoms with E-state index in [0.29, 0.717) is 34.4 Å². The number of fused-ring (bicyclic) bond motifs is 4. The molecule has 3 atom stereocenters. The fourth-order valence-corrected chi connectivity index (χ4v) is 6.51. The van der Waals surface area contributed by atoms with Crippen molar-refractivity contribution in [2.75, 3.05) is 14.2 Å². The van der Waals surface area contributed by atoms with Gasteiger partial charge >= 0.3 is 0 Å². The number of Topliss-reactive ketones (excluding diaryl/α,β-unsaturated/α-hetero) is 1. The maximum Gasteiger partial charge on any atom is 0.169 e. The highest BCUT2D eigenvalue weighted by Crippen LogP contribution is 2.50. The smallest absolute Gasteiger partial charge is 0.169 e. The molecule has 0 saturated heterocycles. The highest BCUT2D eigenvalue weighted by Gasteiger charge is 2.36. The van der Waals surface area contributed by atoms with Crippen molar-refractivity contribution in [3.8, 4) is 34.1 Å². The predicted octanol–water partition coefficient (Wildman–Crippen LogP) is 5.99. The molecule has 0 bridgehead atoms. The summed E-state index contributed by atoms with van der Waals surface area (Å²) in [6.45, 7) is 5.66. The molecule has 7 nitrogen and oxygen atoms in total. The Hall–Kier alpha value is -3.81. The second-order valence-electron chi connectivity index (χ2n) is 11.1. The minimum Gasteiger partial charge on any atom is -0.507 e. The number of ether oxygens (including phenoxy) is 3. The molecule has 6 rings (SSSR count). The van der Waals surface area contributed by atoms with Gasteiger partial charge in [-0.05, 0) is 84.5 Å². The van der Waals surface area contributed by atoms with Crippen LogP contribution >= 0.6 is 0 Å². The third-order valence-corrected chi connectivity index (χ3v) is 8.15. The van der Waals surface area contributed by atoms with Crippen LogP contribution in [0.3, 0.4) is 0 Å². The van der Waals surface area contributed by atoms with E-state index < -0.39 is 5.60 Å². The normalized spacial score (nSPS) is 22.6. The van der Waals surface area contributed by atoms with Crippen molar-refractivity contribution in [1.82, 2.24) is 0 Å². The fourth-order valence-electron chi connectivity index (χ4n) is 6.51. The topological polar surface area (TPSA) is 105 Å². The Morgan fingerprint density at radius 2 is 1.72 bits per heavy atom. The van der Waals surface area contributed by atoms with Crippen LogP contribution in [0.2, 0.25) is 0 Å². The van der Waals surface area contributed by atoms with E-state index in [0.717, 1.165) is 27.5 Å². The summed E-state index contributed by atoms with van der Waals surface area (Å²) >= 11 is 0. The molecule has 1 aliphatic heterocycles. The van der Waals surface area contributed by atoms with E-state index >= 15 is 0 Å². The zero-order valence-electron chi connectivity index (χ0n) is 22.7. The van der Waals surface area contributed by atoms with Gasteiger partial charge in [0.1, 0.15) is 23.0 Å². The van der Waals surface area contributed by atoms with Crippen molar-refractivity contribution < 1.29 is 34.3 Å². The molecule has 4 aromatic carbocycles. The van der Waals surface area contributed by atoms with Crippen LogP contribution in [0.25, 0.3) is 32.7 Å². The lowest BCUT2D eigenvalue weighted by Crippen LogP contribution is -2.35. The number of phenols is 2. The number of aliphatic hydroxyl groups is 1. The van der Waals surface area contributed by atoms with E-state index in [1.54, 1.807) is 27.2 Å². The summed E-state index contributed by atoms with van der Waals surface area (Å²) in [5, 5.41) is 36.2. The molecule has 4 aromatic rings. The molecule has 2 aliphatic rings. The number of aromatic hydroxyl groups is 2. The quantitative estimate of drug-likeness (QED) is 0.300. The summed E-state index contributed by atoms with van der Waals surface area (Å²) in [6, 6.07) is 11.3. The van der Waals surface area contributed by atoms with Crippen LogP contribution in [0.4, 0.5) is 0 Å². The summed E-state index contributed by atoms with van der Waals surface area (Å²) in [4.78, 5) is 13.0. The van der Waals surface area contributed by atoms with Gasteiger partial charge in [0.15, 0.2) is 5.78 Å². The van der Waals surface area contributed by atoms with Gasteiger partial charge in [0.25, 0.3) is 0 Å². The van der Waals surface area contributed by atoms with Crippen LogP contribution in [0.1, 0.15) is 60.3 Å². The first kappa shape index (κ1) is 25.5. The Morgan fingerprint density at radius 3 is 2.44 bits per heavy atom. The molecule has 1 aliphatic carbocycles. The predicted molar refractivity (Wildman–Crippen MR) is 149 cm³/mol. The van der Waals surface area contributed by atoms with Gasteiger partial charge in [-0.25, -0.2) is 0 Å². The second-order valence-corrected chi connectivity index (χ2v) is 11.1. The number of carbonyl (C=O) groups excluding carboxylic acids is 1. The van der Waals surface area contributed by atoms with Gasteiger partial charge in [-0.1, -0.05) is 6.07 Å². The van der Waals surface area contributed by atoms with Crippen LogP contribution in [-0.2, 0) is 17.6 Å². The second kappa shape index (κ2) is 8.86. The Bertz CT molecular complexity index is 1680. The van der Waals surface area contributed by atoms with Crippen molar-refractivity contribution >= 4 is 27.3 Å². The first-order valence-electron chi connectivity index (χ1n) is 13.2. The zero-order valence-corrected chi connectivity index (χ0v) is 22.7. The summed E-state index contributed by atoms with van der Waals surface area (Å²) in [5.41, 5.74) is 2.96. The van der Waals surface area contributed by atoms with Crippen molar-refractivity contribution in [2.24, 2.45) is 0 Å². The standard InChI is InChI=1S/C32H32O7/c1-15-8-23-21(16(2)39-15)12-22-24(10-19(37-4)11-26(22)38-5)29(23)20-7-6-17-9-18-13-32(3,36)14-25(33)27(18)31(35)28(17)30(20)34/h6-7,9-12,15-16,34-36H,8,13-14H2,1-5H3/t15-,16+,32+/m1/s1. The molecule has 202 valence electrons. The summed E-state index contributed by atoms with van der Waals surface area (Å²) in [7, 11) is 3.21. The number of phenolic OH excluding ortho intramolecular Hbond substituents is 2. The molecule has 0 spiro atoms. The summed E-state index contributed by atoms with van der Waals surface area (Å²) < 4.78 is 17.5. The van der Waals surface area contributed by atoms with Crippen molar-refractivity contribution in [1.29, 1.82) is 0 Å². The number of ketones is 1. The first-order chi connectivity index (χ1) is 18.5. The molecule has 0 radical (unpaired) electrons. The monoisotopic (exact) mass is 528 g/mol. The minimum atomic E-state index is -1.18. The van der Waals surface area contributed by atoms with Crippen LogP contribution in [-0.4, -0.2) is 47.0 Å². The van der Waals surface area contributed by atoms with Gasteiger partial charge in [-0.3, -0.25) is 4.79 Å². The maximum absolute atomic E-state index is 13.0. The van der Waals surface area contributed by atoms with Gasteiger partial charge < -0.3 is 29.5 Å². The summed E-state index contributed by atoms with van der Waals surface area (Å²) in [6.07, 6.45) is 0.570. The number of benzene rings is 4. The summed E-state index contributed by atoms with van der Waals surface area (Å²) in [5.74, 6) is 0.540. The van der Waals surface area contributed by atoms with Crippen LogP contribution < -0.4 is 9.47 Å². The van der Waals surface area contributed by atoms with Crippen molar-refractivity contribution in [3.05, 3.63) is 58.7 Å². The van der Waals surface area contributed by atoms with E-state index in [1.807, 2.05) is 38.1 Å². The largest absolute Gasteiger partial charge is 0.507 e. The van der Waals surface area contributed by atoms with E-state index in [1.165, 1.54) is 0 Å². The number of hydrogen-bond acceptors (Lipinski definition) is 7. The van der Waals surface area contributed by atoms with Crippen molar-refractivity contribution in [2.45, 2.75) is 57.8 Å². The molecule has 0 fully saturated rings. The molecule has 0 unspecified atom stereocenters. The number of methoxy groups -OCH3 is 2. The molecular weight excluding hydrogens is 496 g/mol. The molecular formula is C32H32O7. The minimum absolute atomic E-state index is 0.0374. The Morgan fingerprint density at radius 1 is 0.949 bits per heavy atom. The Kier molecular flexibility index (Phi) is 5.79. The molecule has 39 heavy (non-hydrogen) atoms. The lowest BCUT2D eigenvalue weighted by atomic mass is 9.78. The molecule has 0 amide bonds. The highest BCUT2D eigenvalue weighted by molar-refractivity contribution is 6.12. The van der Waals surface area contributed by atoms with Crippen LogP contribution in [0, 0.1) is 0 Å². The lowest BCUT2D eigenvalue weighted by Gasteiger charge is -2.32. The van der Waals surface area contributed by atoms with Gasteiger partial charge in [0.2, 0.25) is 0 Å². The SMILES string of the molecule is COc1cc(OC)c2cc3c(c(-c4ccc5cc6c(c(O)c5c4O)C(=O)C[C@@](C)(O)C6)c2c1)C[C@@H](C)O[C@H]3C. The zero-order chi connectivity index (χ0) is 27.8. The number of rotatable bonds is 3. The van der Waals surface area contributed by atoms with Crippen molar-refractivity contribution in [3.63, 3.8) is 0 Å². The lowest BCUT2D eigenvalue weighted by molar-refractivity contribution is -0.00442. The third kappa shape index (κ3) is 3.91. The first-order valence-corrected chi connectivity index (χ1v) is 13.2. The van der Waals surface area contributed by atoms with E-state index in [4.69, 9.17) is 14.2 Å². The molecule has 1 heterocycles. The molecule has 3 N–H and O–H groups in total. The van der Waals surface area contributed by atoms with Crippen LogP contribution in [0.5, 0.6) is 23.0 Å². The van der Waals surface area contributed by atoms with E-state index in [2.05, 4.69) is 6.07 Å². The molecule has 7 heteroatoms. The maximum atomic E-state index is 13.0.